The molecule has 3 aliphatic rings. The van der Waals surface area contributed by atoms with Crippen molar-refractivity contribution < 1.29 is 59.1 Å². The molecule has 2 aliphatic heterocycles. The number of aliphatic hydroxyl groups excluding tert-OH is 4. The third-order valence-corrected chi connectivity index (χ3v) is 6.98. The van der Waals surface area contributed by atoms with Gasteiger partial charge in [-0.3, -0.25) is 0 Å². The molecule has 0 aromatic heterocycles. The predicted molar refractivity (Wildman–Crippen MR) is 124 cm³/mol. The lowest BCUT2D eigenvalue weighted by Gasteiger charge is -2.45. The molecular formula is C25H32O12. The van der Waals surface area contributed by atoms with Crippen molar-refractivity contribution in [1.29, 1.82) is 0 Å². The maximum atomic E-state index is 12.2. The molecule has 1 saturated heterocycles. The van der Waals surface area contributed by atoms with Crippen LogP contribution in [0.15, 0.2) is 42.7 Å². The average Bonchev–Trinajstić information content (AvgIpc) is 3.06. The molecule has 6 N–H and O–H groups in total. The standard InChI is InChI=1S/C25H32O12/c1-24(31)11-16(26)25(32)9-10-34-23(21(24)25)37-22-20(30)19(29)18(28)15(36-22)12-35-17(27)8-5-13-3-6-14(33-2)7-4-13/h3-10,15-16,18-23,26,28-32H,11-12H2,1-2H3/b8-5+/t15-,16-,18-,19+,20-,21-,22+,23+,24+,25+/m1/s1. The summed E-state index contributed by atoms with van der Waals surface area (Å²) in [7, 11) is 1.54. The average molecular weight is 525 g/mol. The topological polar surface area (TPSA) is 185 Å². The molecule has 2 fully saturated rings. The molecule has 0 amide bonds. The van der Waals surface area contributed by atoms with Crippen molar-refractivity contribution in [2.75, 3.05) is 13.7 Å². The Labute approximate surface area is 212 Å². The molecule has 0 unspecified atom stereocenters. The van der Waals surface area contributed by atoms with E-state index in [0.29, 0.717) is 11.3 Å². The summed E-state index contributed by atoms with van der Waals surface area (Å²) >= 11 is 0. The van der Waals surface area contributed by atoms with Gasteiger partial charge in [-0.1, -0.05) is 12.1 Å². The first-order valence-electron chi connectivity index (χ1n) is 11.8. The van der Waals surface area contributed by atoms with E-state index in [4.69, 9.17) is 23.7 Å². The van der Waals surface area contributed by atoms with Crippen LogP contribution in [-0.2, 0) is 23.7 Å². The van der Waals surface area contributed by atoms with Crippen molar-refractivity contribution in [3.63, 3.8) is 0 Å². The van der Waals surface area contributed by atoms with Crippen LogP contribution >= 0.6 is 0 Å². The van der Waals surface area contributed by atoms with E-state index in [1.807, 2.05) is 0 Å². The van der Waals surface area contributed by atoms with Gasteiger partial charge in [0.2, 0.25) is 6.29 Å². The monoisotopic (exact) mass is 524 g/mol. The number of hydrogen-bond donors (Lipinski definition) is 6. The first-order valence-corrected chi connectivity index (χ1v) is 11.8. The molecule has 37 heavy (non-hydrogen) atoms. The van der Waals surface area contributed by atoms with Gasteiger partial charge < -0.3 is 54.3 Å². The molecule has 0 radical (unpaired) electrons. The van der Waals surface area contributed by atoms with Crippen molar-refractivity contribution in [1.82, 2.24) is 0 Å². The van der Waals surface area contributed by atoms with Crippen LogP contribution in [0.5, 0.6) is 5.75 Å². The van der Waals surface area contributed by atoms with Crippen LogP contribution < -0.4 is 4.74 Å². The van der Waals surface area contributed by atoms with E-state index in [-0.39, 0.29) is 6.42 Å². The quantitative estimate of drug-likeness (QED) is 0.185. The van der Waals surface area contributed by atoms with Gasteiger partial charge >= 0.3 is 5.97 Å². The molecule has 1 aliphatic carbocycles. The van der Waals surface area contributed by atoms with E-state index >= 15 is 0 Å². The number of benzene rings is 1. The van der Waals surface area contributed by atoms with Crippen LogP contribution in [0.1, 0.15) is 18.9 Å². The lowest BCUT2D eigenvalue weighted by Crippen LogP contribution is -2.62. The number of rotatable bonds is 7. The Kier molecular flexibility index (Phi) is 7.93. The van der Waals surface area contributed by atoms with Crippen LogP contribution in [0.3, 0.4) is 0 Å². The Balaban J connectivity index is 1.39. The van der Waals surface area contributed by atoms with Gasteiger partial charge in [-0.2, -0.15) is 0 Å². The number of hydrogen-bond acceptors (Lipinski definition) is 12. The summed E-state index contributed by atoms with van der Waals surface area (Å²) < 4.78 is 26.9. The Morgan fingerprint density at radius 2 is 1.78 bits per heavy atom. The lowest BCUT2D eigenvalue weighted by molar-refractivity contribution is -0.351. The summed E-state index contributed by atoms with van der Waals surface area (Å²) in [4.78, 5) is 12.2. The summed E-state index contributed by atoms with van der Waals surface area (Å²) in [6.45, 7) is 0.919. The molecule has 1 aromatic rings. The second kappa shape index (κ2) is 10.7. The van der Waals surface area contributed by atoms with Crippen molar-refractivity contribution in [2.45, 2.75) is 67.6 Å². The third kappa shape index (κ3) is 5.52. The van der Waals surface area contributed by atoms with Crippen molar-refractivity contribution in [3.05, 3.63) is 48.2 Å². The van der Waals surface area contributed by atoms with Crippen LogP contribution in [0.25, 0.3) is 6.08 Å². The van der Waals surface area contributed by atoms with Gasteiger partial charge in [-0.05, 0) is 36.8 Å². The molecule has 1 saturated carbocycles. The Morgan fingerprint density at radius 1 is 1.08 bits per heavy atom. The Hall–Kier alpha value is -2.55. The van der Waals surface area contributed by atoms with Gasteiger partial charge in [0.25, 0.3) is 0 Å². The molecule has 12 heteroatoms. The van der Waals surface area contributed by atoms with E-state index in [1.165, 1.54) is 32.3 Å². The highest BCUT2D eigenvalue weighted by Crippen LogP contribution is 2.49. The zero-order valence-electron chi connectivity index (χ0n) is 20.3. The van der Waals surface area contributed by atoms with E-state index in [2.05, 4.69) is 0 Å². The number of fused-ring (bicyclic) bond motifs is 1. The van der Waals surface area contributed by atoms with Crippen molar-refractivity contribution in [2.24, 2.45) is 5.92 Å². The van der Waals surface area contributed by atoms with Gasteiger partial charge in [0.05, 0.1) is 31.0 Å². The first-order chi connectivity index (χ1) is 17.5. The summed E-state index contributed by atoms with van der Waals surface area (Å²) in [6.07, 6.45) is -5.83. The van der Waals surface area contributed by atoms with Gasteiger partial charge in [-0.15, -0.1) is 0 Å². The molecule has 2 heterocycles. The molecule has 4 rings (SSSR count). The molecule has 12 nitrogen and oxygen atoms in total. The summed E-state index contributed by atoms with van der Waals surface area (Å²) in [5.74, 6) is -1.25. The summed E-state index contributed by atoms with van der Waals surface area (Å²) in [5.41, 5.74) is -2.75. The van der Waals surface area contributed by atoms with E-state index in [1.54, 1.807) is 24.3 Å². The SMILES string of the molecule is COc1ccc(/C=C/C(=O)OC[C@H]2O[C@@H](O[C@@H]3OC=C[C@]4(O)[C@H](O)C[C@](C)(O)[C@@H]34)[C@H](O)[C@@H](O)[C@@H]2O)cc1. The molecule has 204 valence electrons. The minimum absolute atomic E-state index is 0.167. The number of aliphatic hydroxyl groups is 6. The summed E-state index contributed by atoms with van der Waals surface area (Å²) in [6, 6.07) is 6.92. The Morgan fingerprint density at radius 3 is 2.46 bits per heavy atom. The number of esters is 1. The highest BCUT2D eigenvalue weighted by atomic mass is 16.8. The second-order valence-corrected chi connectivity index (χ2v) is 9.64. The van der Waals surface area contributed by atoms with Crippen molar-refractivity contribution in [3.8, 4) is 5.75 Å². The smallest absolute Gasteiger partial charge is 0.330 e. The van der Waals surface area contributed by atoms with Crippen LogP contribution in [-0.4, -0.2) is 105 Å². The maximum absolute atomic E-state index is 12.2. The van der Waals surface area contributed by atoms with Gasteiger partial charge in [0.1, 0.15) is 42.4 Å². The number of ether oxygens (including phenoxy) is 5. The fourth-order valence-corrected chi connectivity index (χ4v) is 4.92. The third-order valence-electron chi connectivity index (χ3n) is 6.98. The zero-order chi connectivity index (χ0) is 27.0. The molecular weight excluding hydrogens is 492 g/mol. The normalized spacial score (nSPS) is 41.3. The predicted octanol–water partition coefficient (Wildman–Crippen LogP) is -1.19. The zero-order valence-corrected chi connectivity index (χ0v) is 20.3. The molecule has 0 bridgehead atoms. The number of carbonyl (C=O) groups excluding carboxylic acids is 1. The maximum Gasteiger partial charge on any atom is 0.330 e. The molecule has 0 spiro atoms. The minimum atomic E-state index is -1.87. The number of carbonyl (C=O) groups is 1. The van der Waals surface area contributed by atoms with Crippen molar-refractivity contribution >= 4 is 12.0 Å². The van der Waals surface area contributed by atoms with Gasteiger partial charge in [0, 0.05) is 12.5 Å². The summed E-state index contributed by atoms with van der Waals surface area (Å²) in [5, 5.41) is 63.1. The van der Waals surface area contributed by atoms with E-state index < -0.39 is 72.8 Å². The fraction of sp³-hybridized carbons (Fsp3) is 0.560. The molecule has 10 atom stereocenters. The van der Waals surface area contributed by atoms with Crippen LogP contribution in [0.4, 0.5) is 0 Å². The fourth-order valence-electron chi connectivity index (χ4n) is 4.92. The lowest BCUT2D eigenvalue weighted by atomic mass is 9.81. The highest BCUT2D eigenvalue weighted by Gasteiger charge is 2.64. The van der Waals surface area contributed by atoms with Crippen LogP contribution in [0.2, 0.25) is 0 Å². The Bertz CT molecular complexity index is 1010. The van der Waals surface area contributed by atoms with Crippen LogP contribution in [0, 0.1) is 5.92 Å². The van der Waals surface area contributed by atoms with E-state index in [9.17, 15) is 35.4 Å². The number of methoxy groups -OCH3 is 1. The minimum Gasteiger partial charge on any atom is -0.497 e. The van der Waals surface area contributed by atoms with Gasteiger partial charge in [0.15, 0.2) is 6.29 Å². The second-order valence-electron chi connectivity index (χ2n) is 9.64. The largest absolute Gasteiger partial charge is 0.497 e. The first kappa shape index (κ1) is 27.5. The molecule has 1 aromatic carbocycles. The van der Waals surface area contributed by atoms with Gasteiger partial charge in [-0.25, -0.2) is 4.79 Å². The highest BCUT2D eigenvalue weighted by molar-refractivity contribution is 5.87. The van der Waals surface area contributed by atoms with E-state index in [0.717, 1.165) is 6.26 Å².